The number of carbonyl (C=O) groups excluding carboxylic acids is 1. The maximum atomic E-state index is 11.7. The van der Waals surface area contributed by atoms with E-state index in [9.17, 15) is 4.79 Å². The van der Waals surface area contributed by atoms with Crippen LogP contribution in [0.15, 0.2) is 23.3 Å². The van der Waals surface area contributed by atoms with Gasteiger partial charge in [0.1, 0.15) is 10.9 Å². The van der Waals surface area contributed by atoms with Gasteiger partial charge in [-0.3, -0.25) is 4.79 Å². The van der Waals surface area contributed by atoms with Crippen LogP contribution in [0.25, 0.3) is 10.9 Å². The van der Waals surface area contributed by atoms with Crippen molar-refractivity contribution in [3.05, 3.63) is 40.0 Å². The van der Waals surface area contributed by atoms with Crippen molar-refractivity contribution in [2.24, 2.45) is 5.10 Å². The van der Waals surface area contributed by atoms with Crippen LogP contribution >= 0.6 is 11.6 Å². The molecule has 3 rings (SSSR count). The minimum Gasteiger partial charge on any atom is -0.309 e. The van der Waals surface area contributed by atoms with Crippen molar-refractivity contribution in [1.29, 1.82) is 0 Å². The Kier molecular flexibility index (Phi) is 3.41. The highest BCUT2D eigenvalue weighted by atomic mass is 35.5. The summed E-state index contributed by atoms with van der Waals surface area (Å²) in [6.07, 6.45) is 0. The Hall–Kier alpha value is -1.94. The number of aryl methyl sites for hydroxylation is 2. The first-order chi connectivity index (χ1) is 9.97. The Bertz CT molecular complexity index is 783. The molecule has 0 saturated heterocycles. The van der Waals surface area contributed by atoms with Gasteiger partial charge in [-0.05, 0) is 43.2 Å². The highest BCUT2D eigenvalue weighted by Gasteiger charge is 2.28. The van der Waals surface area contributed by atoms with Gasteiger partial charge in [0.15, 0.2) is 5.78 Å². The fourth-order valence-corrected chi connectivity index (χ4v) is 2.93. The largest absolute Gasteiger partial charge is 0.309 e. The van der Waals surface area contributed by atoms with E-state index in [1.807, 2.05) is 12.1 Å². The van der Waals surface area contributed by atoms with Crippen molar-refractivity contribution in [2.45, 2.75) is 26.7 Å². The van der Waals surface area contributed by atoms with E-state index in [1.54, 1.807) is 0 Å². The van der Waals surface area contributed by atoms with Crippen LogP contribution in [-0.2, 0) is 4.79 Å². The van der Waals surface area contributed by atoms with E-state index in [0.717, 1.165) is 16.5 Å². The Morgan fingerprint density at radius 3 is 2.71 bits per heavy atom. The molecule has 21 heavy (non-hydrogen) atoms. The van der Waals surface area contributed by atoms with Gasteiger partial charge in [0.2, 0.25) is 0 Å². The molecule has 0 spiro atoms. The Labute approximate surface area is 128 Å². The summed E-state index contributed by atoms with van der Waals surface area (Å²) in [7, 11) is 0. The lowest BCUT2D eigenvalue weighted by Crippen LogP contribution is -2.19. The molecule has 1 aliphatic rings. The number of halogens is 1. The number of Topliss-reactive ketones (excluding diaryl/α,β-unsaturated/α-hetero) is 1. The molecular formula is C16H16ClN3O. The smallest absolute Gasteiger partial charge is 0.176 e. The zero-order valence-corrected chi connectivity index (χ0v) is 13.0. The Morgan fingerprint density at radius 1 is 1.29 bits per heavy atom. The second-order valence-electron chi connectivity index (χ2n) is 5.47. The zero-order valence-electron chi connectivity index (χ0n) is 12.2. The van der Waals surface area contributed by atoms with Crippen LogP contribution in [0.3, 0.4) is 0 Å². The summed E-state index contributed by atoms with van der Waals surface area (Å²) in [6, 6.07) is 6.16. The van der Waals surface area contributed by atoms with E-state index in [0.29, 0.717) is 17.4 Å². The number of nitrogens with zero attached hydrogens (tertiary/aromatic N) is 2. The maximum absolute atomic E-state index is 11.7. The van der Waals surface area contributed by atoms with Crippen molar-refractivity contribution in [3.63, 3.8) is 0 Å². The number of nitrogens with one attached hydrogen (secondary N) is 1. The lowest BCUT2D eigenvalue weighted by Gasteiger charge is -2.14. The minimum absolute atomic E-state index is 0.0405. The Balaban J connectivity index is 2.15. The summed E-state index contributed by atoms with van der Waals surface area (Å²) in [4.78, 5) is 16.2. The lowest BCUT2D eigenvalue weighted by atomic mass is 9.93. The van der Waals surface area contributed by atoms with E-state index >= 15 is 0 Å². The molecule has 2 heterocycles. The van der Waals surface area contributed by atoms with Crippen LogP contribution in [0.5, 0.6) is 0 Å². The van der Waals surface area contributed by atoms with Crippen LogP contribution in [0.2, 0.25) is 5.15 Å². The predicted molar refractivity (Wildman–Crippen MR) is 85.1 cm³/mol. The quantitative estimate of drug-likeness (QED) is 0.867. The second kappa shape index (κ2) is 5.11. The highest BCUT2D eigenvalue weighted by molar-refractivity contribution is 6.42. The van der Waals surface area contributed by atoms with Crippen molar-refractivity contribution in [1.82, 2.24) is 10.4 Å². The SMILES string of the molecule is CC(=O)C1=NNCC1c1cc2cc(C)c(C)cc2nc1Cl. The fraction of sp³-hybridized carbons (Fsp3) is 0.312. The molecule has 0 aliphatic carbocycles. The summed E-state index contributed by atoms with van der Waals surface area (Å²) in [5, 5.41) is 5.55. The van der Waals surface area contributed by atoms with Crippen LogP contribution in [0.4, 0.5) is 0 Å². The van der Waals surface area contributed by atoms with Crippen LogP contribution < -0.4 is 5.43 Å². The molecule has 0 bridgehead atoms. The summed E-state index contributed by atoms with van der Waals surface area (Å²) in [5.74, 6) is -0.172. The molecule has 1 atom stereocenters. The van der Waals surface area contributed by atoms with Crippen molar-refractivity contribution in [2.75, 3.05) is 6.54 Å². The third-order valence-electron chi connectivity index (χ3n) is 3.97. The summed E-state index contributed by atoms with van der Waals surface area (Å²) >= 11 is 6.34. The summed E-state index contributed by atoms with van der Waals surface area (Å²) in [5.41, 5.74) is 7.52. The third-order valence-corrected chi connectivity index (χ3v) is 4.27. The Morgan fingerprint density at radius 2 is 2.00 bits per heavy atom. The van der Waals surface area contributed by atoms with E-state index in [2.05, 4.69) is 35.4 Å². The topological polar surface area (TPSA) is 54.4 Å². The normalized spacial score (nSPS) is 17.7. The molecular weight excluding hydrogens is 286 g/mol. The molecule has 1 aliphatic heterocycles. The van der Waals surface area contributed by atoms with Crippen molar-refractivity contribution >= 4 is 34.0 Å². The second-order valence-corrected chi connectivity index (χ2v) is 5.82. The van der Waals surface area contributed by atoms with Gasteiger partial charge >= 0.3 is 0 Å². The average molecular weight is 302 g/mol. The zero-order chi connectivity index (χ0) is 15.1. The lowest BCUT2D eigenvalue weighted by molar-refractivity contribution is -0.111. The number of carbonyl (C=O) groups is 1. The molecule has 1 aromatic heterocycles. The van der Waals surface area contributed by atoms with E-state index < -0.39 is 0 Å². The first-order valence-electron chi connectivity index (χ1n) is 6.86. The fourth-order valence-electron chi connectivity index (χ4n) is 2.66. The van der Waals surface area contributed by atoms with Gasteiger partial charge in [-0.25, -0.2) is 4.98 Å². The molecule has 1 N–H and O–H groups in total. The van der Waals surface area contributed by atoms with Crippen LogP contribution in [-0.4, -0.2) is 23.0 Å². The molecule has 0 fully saturated rings. The van der Waals surface area contributed by atoms with Gasteiger partial charge < -0.3 is 5.43 Å². The molecule has 1 aromatic carbocycles. The molecule has 1 unspecified atom stereocenters. The van der Waals surface area contributed by atoms with Gasteiger partial charge in [-0.2, -0.15) is 5.10 Å². The van der Waals surface area contributed by atoms with Gasteiger partial charge in [0, 0.05) is 24.4 Å². The average Bonchev–Trinajstić information content (AvgIpc) is 2.89. The number of benzene rings is 1. The maximum Gasteiger partial charge on any atom is 0.176 e. The number of fused-ring (bicyclic) bond motifs is 1. The first kappa shape index (κ1) is 14.0. The van der Waals surface area contributed by atoms with Crippen molar-refractivity contribution in [3.8, 4) is 0 Å². The number of hydrazone groups is 1. The minimum atomic E-state index is -0.131. The number of ketones is 1. The monoisotopic (exact) mass is 301 g/mol. The van der Waals surface area contributed by atoms with Gasteiger partial charge in [-0.15, -0.1) is 0 Å². The number of aromatic nitrogens is 1. The molecule has 4 nitrogen and oxygen atoms in total. The van der Waals surface area contributed by atoms with Gasteiger partial charge in [0.05, 0.1) is 11.4 Å². The van der Waals surface area contributed by atoms with E-state index in [4.69, 9.17) is 11.6 Å². The van der Waals surface area contributed by atoms with Crippen molar-refractivity contribution < 1.29 is 4.79 Å². The number of pyridine rings is 1. The molecule has 5 heteroatoms. The molecule has 0 amide bonds. The van der Waals surface area contributed by atoms with E-state index in [-0.39, 0.29) is 11.7 Å². The summed E-state index contributed by atoms with van der Waals surface area (Å²) < 4.78 is 0. The third kappa shape index (κ3) is 2.40. The van der Waals surface area contributed by atoms with Gasteiger partial charge in [-0.1, -0.05) is 11.6 Å². The standard InChI is InChI=1S/C16H16ClN3O/c1-8-4-11-6-12(13-7-18-20-15(13)10(3)21)16(17)19-14(11)5-9(8)2/h4-6,13,18H,7H2,1-3H3. The van der Waals surface area contributed by atoms with Crippen LogP contribution in [0.1, 0.15) is 29.5 Å². The molecule has 0 saturated carbocycles. The molecule has 108 valence electrons. The molecule has 0 radical (unpaired) electrons. The number of hydrogen-bond acceptors (Lipinski definition) is 4. The summed E-state index contributed by atoms with van der Waals surface area (Å²) in [6.45, 7) is 6.23. The van der Waals surface area contributed by atoms with Gasteiger partial charge in [0.25, 0.3) is 0 Å². The van der Waals surface area contributed by atoms with Crippen LogP contribution in [0, 0.1) is 13.8 Å². The number of rotatable bonds is 2. The predicted octanol–water partition coefficient (Wildman–Crippen LogP) is 3.14. The number of hydrogen-bond donors (Lipinski definition) is 1. The molecule has 2 aromatic rings. The van der Waals surface area contributed by atoms with E-state index in [1.165, 1.54) is 18.1 Å². The highest BCUT2D eigenvalue weighted by Crippen LogP contribution is 2.30. The first-order valence-corrected chi connectivity index (χ1v) is 7.24.